The van der Waals surface area contributed by atoms with Crippen molar-refractivity contribution in [3.05, 3.63) is 0 Å². The maximum absolute atomic E-state index is 11.5. The molecule has 1 amide bonds. The highest BCUT2D eigenvalue weighted by molar-refractivity contribution is 5.78. The van der Waals surface area contributed by atoms with E-state index in [2.05, 4.69) is 24.5 Å². The fourth-order valence-corrected chi connectivity index (χ4v) is 2.84. The Balaban J connectivity index is 1.67. The van der Waals surface area contributed by atoms with Gasteiger partial charge in [-0.15, -0.1) is 0 Å². The summed E-state index contributed by atoms with van der Waals surface area (Å²) in [6.45, 7) is 5.09. The Morgan fingerprint density at radius 3 is 2.56 bits per heavy atom. The van der Waals surface area contributed by atoms with Crippen LogP contribution < -0.4 is 10.6 Å². The highest BCUT2D eigenvalue weighted by Gasteiger charge is 2.31. The molecule has 3 nitrogen and oxygen atoms in total. The first-order valence-corrected chi connectivity index (χ1v) is 6.73. The van der Waals surface area contributed by atoms with Gasteiger partial charge in [-0.2, -0.15) is 0 Å². The minimum atomic E-state index is 0.176. The molecule has 0 aliphatic heterocycles. The van der Waals surface area contributed by atoms with Gasteiger partial charge in [0.05, 0.1) is 6.54 Å². The molecular formula is C13H24N2O. The monoisotopic (exact) mass is 224 g/mol. The van der Waals surface area contributed by atoms with Crippen LogP contribution in [0.1, 0.15) is 46.0 Å². The van der Waals surface area contributed by atoms with Gasteiger partial charge >= 0.3 is 0 Å². The lowest BCUT2D eigenvalue weighted by atomic mass is 9.93. The molecule has 0 heterocycles. The van der Waals surface area contributed by atoms with Gasteiger partial charge in [0.25, 0.3) is 0 Å². The summed E-state index contributed by atoms with van der Waals surface area (Å²) in [5.74, 6) is 1.75. The molecule has 0 aromatic carbocycles. The Morgan fingerprint density at radius 1 is 1.25 bits per heavy atom. The van der Waals surface area contributed by atoms with Crippen molar-refractivity contribution in [1.29, 1.82) is 0 Å². The van der Waals surface area contributed by atoms with Gasteiger partial charge in [0.15, 0.2) is 0 Å². The molecule has 16 heavy (non-hydrogen) atoms. The largest absolute Gasteiger partial charge is 0.352 e. The summed E-state index contributed by atoms with van der Waals surface area (Å²) in [6.07, 6.45) is 6.16. The van der Waals surface area contributed by atoms with E-state index < -0.39 is 0 Å². The first-order valence-electron chi connectivity index (χ1n) is 6.73. The summed E-state index contributed by atoms with van der Waals surface area (Å²) in [5, 5.41) is 6.43. The molecule has 2 aliphatic carbocycles. The second-order valence-corrected chi connectivity index (χ2v) is 5.43. The van der Waals surface area contributed by atoms with Gasteiger partial charge in [-0.25, -0.2) is 0 Å². The summed E-state index contributed by atoms with van der Waals surface area (Å²) in [4.78, 5) is 11.5. The molecule has 3 atom stereocenters. The smallest absolute Gasteiger partial charge is 0.234 e. The standard InChI is InChI=1S/C13H24N2O/c1-3-10-4-7-12(9(10)2)14-8-13(16)15-11-5-6-11/h9-12,14H,3-8H2,1-2H3,(H,15,16). The van der Waals surface area contributed by atoms with Crippen LogP contribution in [-0.4, -0.2) is 24.5 Å². The zero-order valence-electron chi connectivity index (χ0n) is 10.5. The van der Waals surface area contributed by atoms with Crippen LogP contribution in [0, 0.1) is 11.8 Å². The minimum absolute atomic E-state index is 0.176. The van der Waals surface area contributed by atoms with Crippen molar-refractivity contribution in [2.24, 2.45) is 11.8 Å². The molecule has 2 aliphatic rings. The number of nitrogens with one attached hydrogen (secondary N) is 2. The van der Waals surface area contributed by atoms with Crippen molar-refractivity contribution < 1.29 is 4.79 Å². The number of carbonyl (C=O) groups excluding carboxylic acids is 1. The topological polar surface area (TPSA) is 41.1 Å². The third-order valence-electron chi connectivity index (χ3n) is 4.22. The third kappa shape index (κ3) is 2.97. The second-order valence-electron chi connectivity index (χ2n) is 5.43. The van der Waals surface area contributed by atoms with Gasteiger partial charge in [-0.05, 0) is 37.5 Å². The average Bonchev–Trinajstić information content (AvgIpc) is 2.99. The van der Waals surface area contributed by atoms with Crippen LogP contribution in [0.5, 0.6) is 0 Å². The van der Waals surface area contributed by atoms with Gasteiger partial charge in [-0.1, -0.05) is 20.3 Å². The normalized spacial score (nSPS) is 34.0. The van der Waals surface area contributed by atoms with Crippen LogP contribution in [0.15, 0.2) is 0 Å². The van der Waals surface area contributed by atoms with E-state index in [-0.39, 0.29) is 5.91 Å². The number of hydrogen-bond acceptors (Lipinski definition) is 2. The zero-order valence-corrected chi connectivity index (χ0v) is 10.5. The lowest BCUT2D eigenvalue weighted by molar-refractivity contribution is -0.120. The fourth-order valence-electron chi connectivity index (χ4n) is 2.84. The van der Waals surface area contributed by atoms with Crippen LogP contribution in [0.25, 0.3) is 0 Å². The Kier molecular flexibility index (Phi) is 3.85. The van der Waals surface area contributed by atoms with E-state index in [1.165, 1.54) is 32.1 Å². The van der Waals surface area contributed by atoms with Crippen LogP contribution in [-0.2, 0) is 4.79 Å². The Labute approximate surface area is 98.4 Å². The van der Waals surface area contributed by atoms with Crippen molar-refractivity contribution >= 4 is 5.91 Å². The maximum atomic E-state index is 11.5. The number of amides is 1. The van der Waals surface area contributed by atoms with E-state index in [9.17, 15) is 4.79 Å². The molecule has 0 radical (unpaired) electrons. The van der Waals surface area contributed by atoms with Crippen molar-refractivity contribution in [1.82, 2.24) is 10.6 Å². The van der Waals surface area contributed by atoms with Gasteiger partial charge in [0.2, 0.25) is 5.91 Å². The highest BCUT2D eigenvalue weighted by Crippen LogP contribution is 2.33. The average molecular weight is 224 g/mol. The Morgan fingerprint density at radius 2 is 2.00 bits per heavy atom. The van der Waals surface area contributed by atoms with Crippen LogP contribution in [0.4, 0.5) is 0 Å². The summed E-state index contributed by atoms with van der Waals surface area (Å²) < 4.78 is 0. The molecule has 0 bridgehead atoms. The van der Waals surface area contributed by atoms with Gasteiger partial charge in [0.1, 0.15) is 0 Å². The molecule has 2 fully saturated rings. The van der Waals surface area contributed by atoms with E-state index in [0.717, 1.165) is 11.8 Å². The molecule has 3 heteroatoms. The third-order valence-corrected chi connectivity index (χ3v) is 4.22. The molecule has 2 rings (SSSR count). The quantitative estimate of drug-likeness (QED) is 0.746. The summed E-state index contributed by atoms with van der Waals surface area (Å²) in [7, 11) is 0. The summed E-state index contributed by atoms with van der Waals surface area (Å²) in [6, 6.07) is 1.04. The first-order chi connectivity index (χ1) is 7.70. The lowest BCUT2D eigenvalue weighted by Gasteiger charge is -2.20. The Hall–Kier alpha value is -0.570. The maximum Gasteiger partial charge on any atom is 0.234 e. The van der Waals surface area contributed by atoms with E-state index >= 15 is 0 Å². The molecule has 0 aromatic heterocycles. The van der Waals surface area contributed by atoms with Crippen molar-refractivity contribution in [2.75, 3.05) is 6.54 Å². The van der Waals surface area contributed by atoms with E-state index in [0.29, 0.717) is 18.6 Å². The number of carbonyl (C=O) groups is 1. The molecule has 0 spiro atoms. The van der Waals surface area contributed by atoms with Crippen LogP contribution >= 0.6 is 0 Å². The lowest BCUT2D eigenvalue weighted by Crippen LogP contribution is -2.41. The predicted molar refractivity (Wildman–Crippen MR) is 65.1 cm³/mol. The van der Waals surface area contributed by atoms with Crippen molar-refractivity contribution in [3.8, 4) is 0 Å². The second kappa shape index (κ2) is 5.17. The number of hydrogen-bond donors (Lipinski definition) is 2. The molecule has 2 N–H and O–H groups in total. The number of rotatable bonds is 5. The van der Waals surface area contributed by atoms with E-state index in [1.807, 2.05) is 0 Å². The Bertz CT molecular complexity index is 250. The van der Waals surface area contributed by atoms with Crippen LogP contribution in [0.2, 0.25) is 0 Å². The molecule has 92 valence electrons. The van der Waals surface area contributed by atoms with Gasteiger partial charge in [-0.3, -0.25) is 4.79 Å². The van der Waals surface area contributed by atoms with Crippen molar-refractivity contribution in [2.45, 2.75) is 58.0 Å². The predicted octanol–water partition coefficient (Wildman–Crippen LogP) is 1.68. The van der Waals surface area contributed by atoms with Crippen molar-refractivity contribution in [3.63, 3.8) is 0 Å². The van der Waals surface area contributed by atoms with Gasteiger partial charge in [0, 0.05) is 12.1 Å². The highest BCUT2D eigenvalue weighted by atomic mass is 16.2. The SMILES string of the molecule is CCC1CCC(NCC(=O)NC2CC2)C1C. The molecule has 0 saturated heterocycles. The first kappa shape index (κ1) is 11.9. The molecule has 3 unspecified atom stereocenters. The van der Waals surface area contributed by atoms with E-state index in [4.69, 9.17) is 0 Å². The van der Waals surface area contributed by atoms with Crippen LogP contribution in [0.3, 0.4) is 0 Å². The molecule has 0 aromatic rings. The van der Waals surface area contributed by atoms with E-state index in [1.54, 1.807) is 0 Å². The summed E-state index contributed by atoms with van der Waals surface area (Å²) >= 11 is 0. The zero-order chi connectivity index (χ0) is 11.5. The minimum Gasteiger partial charge on any atom is -0.352 e. The van der Waals surface area contributed by atoms with Gasteiger partial charge < -0.3 is 10.6 Å². The summed E-state index contributed by atoms with van der Waals surface area (Å²) in [5.41, 5.74) is 0. The fraction of sp³-hybridized carbons (Fsp3) is 0.923. The molecular weight excluding hydrogens is 200 g/mol. The molecule has 2 saturated carbocycles.